The zero-order chi connectivity index (χ0) is 21.1. The summed E-state index contributed by atoms with van der Waals surface area (Å²) in [6, 6.07) is 19.4. The number of hydrogen-bond donors (Lipinski definition) is 1. The third kappa shape index (κ3) is 4.50. The summed E-state index contributed by atoms with van der Waals surface area (Å²) in [6.45, 7) is 1.98. The monoisotopic (exact) mass is 484 g/mol. The lowest BCUT2D eigenvalue weighted by Gasteiger charge is -2.09. The molecule has 152 valence electrons. The van der Waals surface area contributed by atoms with Crippen LogP contribution in [0, 0.1) is 6.92 Å². The first-order chi connectivity index (χ1) is 14.5. The molecule has 1 N–H and O–H groups in total. The average Bonchev–Trinajstić information content (AvgIpc) is 3.09. The normalized spacial score (nSPS) is 10.9. The van der Waals surface area contributed by atoms with Gasteiger partial charge in [0.25, 0.3) is 0 Å². The highest BCUT2D eigenvalue weighted by Gasteiger charge is 2.18. The number of ether oxygens (including phenoxy) is 1. The van der Waals surface area contributed by atoms with Crippen LogP contribution in [0.5, 0.6) is 0 Å². The lowest BCUT2D eigenvalue weighted by atomic mass is 10.0. The standard InChI is InChI=1S/C23H18BrClN2O3/c1-14-21(26-23(28)29-11-10-15-4-2-3-5-20(15)25)22(30-27-14)18-7-6-17-13-19(24)9-8-16(17)12-18/h2-9,12-13H,10-11H2,1H3,(H,26,28). The Morgan fingerprint density at radius 1 is 1.13 bits per heavy atom. The number of benzene rings is 3. The molecule has 0 saturated carbocycles. The van der Waals surface area contributed by atoms with E-state index in [2.05, 4.69) is 26.4 Å². The van der Waals surface area contributed by atoms with Crippen molar-refractivity contribution >= 4 is 50.1 Å². The van der Waals surface area contributed by atoms with Gasteiger partial charge in [-0.1, -0.05) is 69.1 Å². The number of rotatable bonds is 5. The van der Waals surface area contributed by atoms with Gasteiger partial charge in [-0.2, -0.15) is 0 Å². The van der Waals surface area contributed by atoms with Crippen LogP contribution in [0.1, 0.15) is 11.3 Å². The van der Waals surface area contributed by atoms with Crippen molar-refractivity contribution in [2.75, 3.05) is 11.9 Å². The molecule has 0 unspecified atom stereocenters. The van der Waals surface area contributed by atoms with Crippen molar-refractivity contribution in [2.45, 2.75) is 13.3 Å². The summed E-state index contributed by atoms with van der Waals surface area (Å²) in [5, 5.41) is 9.57. The van der Waals surface area contributed by atoms with Gasteiger partial charge in [-0.15, -0.1) is 0 Å². The topological polar surface area (TPSA) is 64.4 Å². The fraction of sp³-hybridized carbons (Fsp3) is 0.130. The number of aromatic nitrogens is 1. The molecule has 4 aromatic rings. The van der Waals surface area contributed by atoms with E-state index in [0.29, 0.717) is 28.6 Å². The highest BCUT2D eigenvalue weighted by molar-refractivity contribution is 9.10. The molecule has 0 radical (unpaired) electrons. The van der Waals surface area contributed by atoms with Crippen LogP contribution >= 0.6 is 27.5 Å². The fourth-order valence-electron chi connectivity index (χ4n) is 3.16. The van der Waals surface area contributed by atoms with Gasteiger partial charge in [0.2, 0.25) is 0 Å². The third-order valence-corrected chi connectivity index (χ3v) is 5.58. The van der Waals surface area contributed by atoms with Crippen LogP contribution in [-0.2, 0) is 11.2 Å². The molecule has 1 heterocycles. The zero-order valence-corrected chi connectivity index (χ0v) is 18.5. The number of carbonyl (C=O) groups is 1. The molecular weight excluding hydrogens is 468 g/mol. The van der Waals surface area contributed by atoms with Crippen molar-refractivity contribution in [1.82, 2.24) is 5.16 Å². The number of carbonyl (C=O) groups excluding carboxylic acids is 1. The van der Waals surface area contributed by atoms with Gasteiger partial charge in [0.1, 0.15) is 11.4 Å². The molecule has 0 bridgehead atoms. The maximum Gasteiger partial charge on any atom is 0.411 e. The van der Waals surface area contributed by atoms with E-state index in [4.69, 9.17) is 20.9 Å². The smallest absolute Gasteiger partial charge is 0.411 e. The van der Waals surface area contributed by atoms with E-state index in [-0.39, 0.29) is 6.61 Å². The minimum absolute atomic E-state index is 0.208. The minimum Gasteiger partial charge on any atom is -0.449 e. The van der Waals surface area contributed by atoms with E-state index in [1.54, 1.807) is 6.92 Å². The number of halogens is 2. The van der Waals surface area contributed by atoms with E-state index < -0.39 is 6.09 Å². The Hall–Kier alpha value is -2.83. The first kappa shape index (κ1) is 20.4. The average molecular weight is 486 g/mol. The van der Waals surface area contributed by atoms with Gasteiger partial charge < -0.3 is 9.26 Å². The van der Waals surface area contributed by atoms with Gasteiger partial charge in [0, 0.05) is 21.5 Å². The van der Waals surface area contributed by atoms with Crippen molar-refractivity contribution in [3.63, 3.8) is 0 Å². The molecule has 0 fully saturated rings. The van der Waals surface area contributed by atoms with E-state index in [9.17, 15) is 4.79 Å². The molecule has 4 rings (SSSR count). The highest BCUT2D eigenvalue weighted by atomic mass is 79.9. The maximum absolute atomic E-state index is 12.3. The molecule has 30 heavy (non-hydrogen) atoms. The van der Waals surface area contributed by atoms with Crippen LogP contribution in [0.25, 0.3) is 22.1 Å². The van der Waals surface area contributed by atoms with Gasteiger partial charge in [-0.3, -0.25) is 5.32 Å². The predicted octanol–water partition coefficient (Wildman–Crippen LogP) is 7.01. The number of fused-ring (bicyclic) bond motifs is 1. The number of anilines is 1. The minimum atomic E-state index is -0.570. The molecule has 1 amide bonds. The first-order valence-electron chi connectivity index (χ1n) is 9.34. The summed E-state index contributed by atoms with van der Waals surface area (Å²) in [4.78, 5) is 12.3. The number of aryl methyl sites for hydroxylation is 1. The summed E-state index contributed by atoms with van der Waals surface area (Å²) < 4.78 is 11.8. The van der Waals surface area contributed by atoms with Gasteiger partial charge in [-0.25, -0.2) is 4.79 Å². The Balaban J connectivity index is 1.48. The summed E-state index contributed by atoms with van der Waals surface area (Å²) in [5.41, 5.74) is 2.81. The second-order valence-corrected chi connectivity index (χ2v) is 8.10. The number of nitrogens with zero attached hydrogens (tertiary/aromatic N) is 1. The Kier molecular flexibility index (Phi) is 6.06. The summed E-state index contributed by atoms with van der Waals surface area (Å²) >= 11 is 9.61. The molecule has 0 aliphatic heterocycles. The second kappa shape index (κ2) is 8.90. The summed E-state index contributed by atoms with van der Waals surface area (Å²) in [7, 11) is 0. The highest BCUT2D eigenvalue weighted by Crippen LogP contribution is 2.33. The Morgan fingerprint density at radius 3 is 2.73 bits per heavy atom. The molecule has 1 aromatic heterocycles. The van der Waals surface area contributed by atoms with E-state index >= 15 is 0 Å². The van der Waals surface area contributed by atoms with Crippen LogP contribution in [0.4, 0.5) is 10.5 Å². The van der Waals surface area contributed by atoms with Crippen LogP contribution in [0.3, 0.4) is 0 Å². The Morgan fingerprint density at radius 2 is 1.90 bits per heavy atom. The molecule has 7 heteroatoms. The van der Waals surface area contributed by atoms with Crippen molar-refractivity contribution in [3.05, 3.63) is 81.4 Å². The molecule has 5 nitrogen and oxygen atoms in total. The maximum atomic E-state index is 12.3. The number of amides is 1. The zero-order valence-electron chi connectivity index (χ0n) is 16.1. The van der Waals surface area contributed by atoms with Gasteiger partial charge >= 0.3 is 6.09 Å². The Bertz CT molecular complexity index is 1220. The van der Waals surface area contributed by atoms with Gasteiger partial charge in [0.05, 0.1) is 6.61 Å². The number of nitrogens with one attached hydrogen (secondary N) is 1. The lowest BCUT2D eigenvalue weighted by Crippen LogP contribution is -2.16. The van der Waals surface area contributed by atoms with Crippen molar-refractivity contribution in [1.29, 1.82) is 0 Å². The second-order valence-electron chi connectivity index (χ2n) is 6.78. The SMILES string of the molecule is Cc1noc(-c2ccc3cc(Br)ccc3c2)c1NC(=O)OCCc1ccccc1Cl. The largest absolute Gasteiger partial charge is 0.449 e. The molecule has 0 saturated heterocycles. The van der Waals surface area contributed by atoms with Gasteiger partial charge in [0.15, 0.2) is 5.76 Å². The third-order valence-electron chi connectivity index (χ3n) is 4.72. The van der Waals surface area contributed by atoms with E-state index in [1.807, 2.05) is 60.7 Å². The Labute approximate surface area is 187 Å². The quantitative estimate of drug-likeness (QED) is 0.330. The summed E-state index contributed by atoms with van der Waals surface area (Å²) in [5.74, 6) is 0.486. The van der Waals surface area contributed by atoms with Crippen LogP contribution in [-0.4, -0.2) is 17.9 Å². The molecule has 3 aromatic carbocycles. The molecule has 0 aliphatic carbocycles. The number of hydrogen-bond acceptors (Lipinski definition) is 4. The van der Waals surface area contributed by atoms with Crippen molar-refractivity contribution in [3.8, 4) is 11.3 Å². The van der Waals surface area contributed by atoms with Crippen molar-refractivity contribution < 1.29 is 14.1 Å². The lowest BCUT2D eigenvalue weighted by molar-refractivity contribution is 0.163. The van der Waals surface area contributed by atoms with Gasteiger partial charge in [-0.05, 0) is 47.5 Å². The van der Waals surface area contributed by atoms with Crippen LogP contribution in [0.2, 0.25) is 5.02 Å². The molecular formula is C23H18BrClN2O3. The molecule has 0 aliphatic rings. The predicted molar refractivity (Wildman–Crippen MR) is 122 cm³/mol. The van der Waals surface area contributed by atoms with Crippen LogP contribution < -0.4 is 5.32 Å². The van der Waals surface area contributed by atoms with Crippen LogP contribution in [0.15, 0.2) is 69.7 Å². The van der Waals surface area contributed by atoms with E-state index in [0.717, 1.165) is 26.4 Å². The molecule has 0 atom stereocenters. The first-order valence-corrected chi connectivity index (χ1v) is 10.5. The summed E-state index contributed by atoms with van der Waals surface area (Å²) in [6.07, 6.45) is -0.0395. The fourth-order valence-corrected chi connectivity index (χ4v) is 3.77. The molecule has 0 spiro atoms. The van der Waals surface area contributed by atoms with E-state index in [1.165, 1.54) is 0 Å². The van der Waals surface area contributed by atoms with Crippen molar-refractivity contribution in [2.24, 2.45) is 0 Å².